The Kier molecular flexibility index (Phi) is 4.87. The van der Waals surface area contributed by atoms with E-state index in [-0.39, 0.29) is 5.91 Å². The summed E-state index contributed by atoms with van der Waals surface area (Å²) in [4.78, 5) is 18.8. The van der Waals surface area contributed by atoms with Crippen LogP contribution >= 0.6 is 11.3 Å². The van der Waals surface area contributed by atoms with Gasteiger partial charge in [0.25, 0.3) is 5.91 Å². The highest BCUT2D eigenvalue weighted by molar-refractivity contribution is 7.13. The van der Waals surface area contributed by atoms with Crippen LogP contribution < -0.4 is 10.6 Å². The molecule has 3 heterocycles. The van der Waals surface area contributed by atoms with Gasteiger partial charge in [-0.3, -0.25) is 9.69 Å². The average Bonchev–Trinajstić information content (AvgIpc) is 3.17. The maximum absolute atomic E-state index is 12.1. The summed E-state index contributed by atoms with van der Waals surface area (Å²) in [5.74, 6) is 1.43. The first kappa shape index (κ1) is 15.2. The van der Waals surface area contributed by atoms with E-state index in [4.69, 9.17) is 4.42 Å². The van der Waals surface area contributed by atoms with Crippen LogP contribution in [0.5, 0.6) is 0 Å². The molecule has 2 aromatic heterocycles. The molecule has 0 aromatic carbocycles. The lowest BCUT2D eigenvalue weighted by Gasteiger charge is -2.26. The van der Waals surface area contributed by atoms with Crippen molar-refractivity contribution in [3.63, 3.8) is 0 Å². The molecule has 0 atom stereocenters. The molecule has 1 fully saturated rings. The lowest BCUT2D eigenvalue weighted by molar-refractivity contribution is 0.0943. The number of thiazole rings is 1. The van der Waals surface area contributed by atoms with Crippen LogP contribution in [-0.4, -0.2) is 55.1 Å². The zero-order valence-electron chi connectivity index (χ0n) is 12.6. The highest BCUT2D eigenvalue weighted by atomic mass is 32.1. The number of carbonyl (C=O) groups excluding carboxylic acids is 1. The van der Waals surface area contributed by atoms with Gasteiger partial charge in [-0.25, -0.2) is 4.98 Å². The molecule has 1 aliphatic rings. The summed E-state index contributed by atoms with van der Waals surface area (Å²) in [6, 6.07) is 3.77. The van der Waals surface area contributed by atoms with Crippen LogP contribution in [0.2, 0.25) is 0 Å². The smallest absolute Gasteiger partial charge is 0.270 e. The number of nitrogens with one attached hydrogen (secondary N) is 2. The summed E-state index contributed by atoms with van der Waals surface area (Å²) in [5, 5.41) is 8.75. The van der Waals surface area contributed by atoms with Crippen molar-refractivity contribution >= 4 is 17.2 Å². The number of aryl methyl sites for hydroxylation is 1. The monoisotopic (exact) mass is 320 g/mol. The van der Waals surface area contributed by atoms with Crippen molar-refractivity contribution in [1.29, 1.82) is 0 Å². The summed E-state index contributed by atoms with van der Waals surface area (Å²) in [6.45, 7) is 7.52. The largest absolute Gasteiger partial charge is 0.459 e. The van der Waals surface area contributed by atoms with Crippen LogP contribution in [0, 0.1) is 6.92 Å². The highest BCUT2D eigenvalue weighted by Gasteiger charge is 2.14. The van der Waals surface area contributed by atoms with E-state index in [9.17, 15) is 4.79 Å². The van der Waals surface area contributed by atoms with Gasteiger partial charge in [-0.1, -0.05) is 0 Å². The van der Waals surface area contributed by atoms with E-state index in [1.54, 1.807) is 5.38 Å². The van der Waals surface area contributed by atoms with E-state index in [0.29, 0.717) is 18.0 Å². The Bertz CT molecular complexity index is 631. The molecule has 3 rings (SSSR count). The van der Waals surface area contributed by atoms with E-state index < -0.39 is 0 Å². The summed E-state index contributed by atoms with van der Waals surface area (Å²) < 4.78 is 5.53. The van der Waals surface area contributed by atoms with E-state index in [1.807, 2.05) is 19.1 Å². The molecule has 118 valence electrons. The Labute approximate surface area is 133 Å². The number of carbonyl (C=O) groups is 1. The highest BCUT2D eigenvalue weighted by Crippen LogP contribution is 2.25. The van der Waals surface area contributed by atoms with Gasteiger partial charge in [-0.2, -0.15) is 0 Å². The molecule has 0 radical (unpaired) electrons. The summed E-state index contributed by atoms with van der Waals surface area (Å²) in [6.07, 6.45) is 0. The normalized spacial score (nSPS) is 15.9. The van der Waals surface area contributed by atoms with Gasteiger partial charge in [-0.15, -0.1) is 11.3 Å². The fraction of sp³-hybridized carbons (Fsp3) is 0.467. The Hall–Kier alpha value is -1.70. The molecule has 2 aromatic rings. The number of amides is 1. The quantitative estimate of drug-likeness (QED) is 0.870. The number of piperazine rings is 1. The summed E-state index contributed by atoms with van der Waals surface area (Å²) in [7, 11) is 0. The van der Waals surface area contributed by atoms with Crippen LogP contribution in [0.4, 0.5) is 0 Å². The number of hydrogen-bond acceptors (Lipinski definition) is 6. The second-order valence-electron chi connectivity index (χ2n) is 5.30. The molecular weight excluding hydrogens is 300 g/mol. The van der Waals surface area contributed by atoms with Crippen molar-refractivity contribution in [3.05, 3.63) is 29.0 Å². The van der Waals surface area contributed by atoms with Crippen LogP contribution in [0.1, 0.15) is 16.2 Å². The molecule has 0 unspecified atom stereocenters. The second-order valence-corrected chi connectivity index (χ2v) is 6.15. The van der Waals surface area contributed by atoms with Gasteiger partial charge in [0.15, 0.2) is 10.8 Å². The first-order valence-corrected chi connectivity index (χ1v) is 8.34. The Balaban J connectivity index is 1.51. The topological polar surface area (TPSA) is 70.4 Å². The van der Waals surface area contributed by atoms with Gasteiger partial charge in [0.05, 0.1) is 0 Å². The van der Waals surface area contributed by atoms with E-state index in [1.165, 1.54) is 11.3 Å². The molecule has 0 saturated carbocycles. The lowest BCUT2D eigenvalue weighted by atomic mass is 10.3. The lowest BCUT2D eigenvalue weighted by Crippen LogP contribution is -2.46. The maximum Gasteiger partial charge on any atom is 0.270 e. The standard InChI is InChI=1S/C15H20N4O2S/c1-11-2-3-13(21-11)15-18-12(10-22-15)14(20)17-6-9-19-7-4-16-5-8-19/h2-3,10,16H,4-9H2,1H3,(H,17,20). The molecule has 1 amide bonds. The fourth-order valence-electron chi connectivity index (χ4n) is 2.39. The molecule has 7 heteroatoms. The number of hydrogen-bond donors (Lipinski definition) is 2. The van der Waals surface area contributed by atoms with Crippen molar-refractivity contribution < 1.29 is 9.21 Å². The molecule has 6 nitrogen and oxygen atoms in total. The molecule has 22 heavy (non-hydrogen) atoms. The minimum Gasteiger partial charge on any atom is -0.459 e. The predicted molar refractivity (Wildman–Crippen MR) is 86.2 cm³/mol. The molecule has 2 N–H and O–H groups in total. The van der Waals surface area contributed by atoms with E-state index in [2.05, 4.69) is 20.5 Å². The molecular formula is C15H20N4O2S. The first-order valence-electron chi connectivity index (χ1n) is 7.46. The van der Waals surface area contributed by atoms with Crippen LogP contribution in [-0.2, 0) is 0 Å². The fourth-order valence-corrected chi connectivity index (χ4v) is 3.15. The number of nitrogens with zero attached hydrogens (tertiary/aromatic N) is 2. The zero-order chi connectivity index (χ0) is 15.4. The minimum absolute atomic E-state index is 0.124. The van der Waals surface area contributed by atoms with Gasteiger partial charge in [0.1, 0.15) is 11.5 Å². The van der Waals surface area contributed by atoms with Gasteiger partial charge in [-0.05, 0) is 19.1 Å². The van der Waals surface area contributed by atoms with Gasteiger partial charge in [0.2, 0.25) is 0 Å². The maximum atomic E-state index is 12.1. The first-order chi connectivity index (χ1) is 10.7. The Morgan fingerprint density at radius 3 is 3.00 bits per heavy atom. The average molecular weight is 320 g/mol. The third-order valence-corrected chi connectivity index (χ3v) is 4.47. The van der Waals surface area contributed by atoms with Gasteiger partial charge < -0.3 is 15.1 Å². The molecule has 0 aliphatic carbocycles. The van der Waals surface area contributed by atoms with E-state index >= 15 is 0 Å². The molecule has 0 spiro atoms. The van der Waals surface area contributed by atoms with Gasteiger partial charge >= 0.3 is 0 Å². The number of aromatic nitrogens is 1. The number of furan rings is 1. The predicted octanol–water partition coefficient (Wildman–Crippen LogP) is 1.35. The van der Waals surface area contributed by atoms with Crippen LogP contribution in [0.15, 0.2) is 21.9 Å². The zero-order valence-corrected chi connectivity index (χ0v) is 13.4. The molecule has 1 saturated heterocycles. The van der Waals surface area contributed by atoms with Crippen molar-refractivity contribution in [2.24, 2.45) is 0 Å². The Morgan fingerprint density at radius 2 is 2.27 bits per heavy atom. The van der Waals surface area contributed by atoms with Crippen molar-refractivity contribution in [3.8, 4) is 10.8 Å². The summed E-state index contributed by atoms with van der Waals surface area (Å²) >= 11 is 1.42. The molecule has 0 bridgehead atoms. The molecule has 1 aliphatic heterocycles. The Morgan fingerprint density at radius 1 is 1.45 bits per heavy atom. The van der Waals surface area contributed by atoms with Crippen LogP contribution in [0.3, 0.4) is 0 Å². The van der Waals surface area contributed by atoms with Crippen LogP contribution in [0.25, 0.3) is 10.8 Å². The van der Waals surface area contributed by atoms with Crippen molar-refractivity contribution in [2.45, 2.75) is 6.92 Å². The van der Waals surface area contributed by atoms with E-state index in [0.717, 1.165) is 43.5 Å². The second kappa shape index (κ2) is 7.04. The minimum atomic E-state index is -0.124. The van der Waals surface area contributed by atoms with Crippen molar-refractivity contribution in [2.75, 3.05) is 39.3 Å². The van der Waals surface area contributed by atoms with Crippen molar-refractivity contribution in [1.82, 2.24) is 20.5 Å². The SMILES string of the molecule is Cc1ccc(-c2nc(C(=O)NCCN3CCNCC3)cs2)o1. The third-order valence-electron chi connectivity index (χ3n) is 3.61. The van der Waals surface area contributed by atoms with Gasteiger partial charge in [0, 0.05) is 44.6 Å². The summed E-state index contributed by atoms with van der Waals surface area (Å²) in [5.41, 5.74) is 0.453. The third kappa shape index (κ3) is 3.73. The number of rotatable bonds is 5.